The zero-order valence-electron chi connectivity index (χ0n) is 17.0. The van der Waals surface area contributed by atoms with Gasteiger partial charge in [-0.2, -0.15) is 18.2 Å². The summed E-state index contributed by atoms with van der Waals surface area (Å²) in [6.45, 7) is 2.82. The maximum absolute atomic E-state index is 12.6. The van der Waals surface area contributed by atoms with E-state index in [9.17, 15) is 13.2 Å². The minimum atomic E-state index is -4.18. The van der Waals surface area contributed by atoms with Gasteiger partial charge in [0, 0.05) is 42.7 Å². The van der Waals surface area contributed by atoms with Crippen molar-refractivity contribution in [3.8, 4) is 11.4 Å². The summed E-state index contributed by atoms with van der Waals surface area (Å²) in [7, 11) is 0. The first-order valence-corrected chi connectivity index (χ1v) is 10.1. The van der Waals surface area contributed by atoms with Crippen molar-refractivity contribution in [2.75, 3.05) is 32.7 Å². The normalized spacial score (nSPS) is 17.5. The molecule has 1 atom stereocenters. The SMILES string of the molecule is CCNC(=NCCc1nc(-c2cccc(Cl)c2)no1)NC1CCN(CC(F)(F)F)C1.I. The number of aromatic nitrogens is 2. The number of nitrogens with one attached hydrogen (secondary N) is 2. The lowest BCUT2D eigenvalue weighted by atomic mass is 10.2. The highest BCUT2D eigenvalue weighted by molar-refractivity contribution is 14.0. The van der Waals surface area contributed by atoms with Gasteiger partial charge in [0.15, 0.2) is 5.96 Å². The molecule has 1 aliphatic heterocycles. The Bertz CT molecular complexity index is 863. The standard InChI is InChI=1S/C19H24ClF3N6O.HI/c1-2-24-18(26-15-7-9-29(11-15)12-19(21,22)23)25-8-6-16-27-17(28-30-16)13-4-3-5-14(20)10-13;/h3-5,10,15H,2,6-9,11-12H2,1H3,(H2,24,25,26);1H. The van der Waals surface area contributed by atoms with E-state index in [0.29, 0.717) is 61.7 Å². The van der Waals surface area contributed by atoms with E-state index < -0.39 is 12.7 Å². The second-order valence-corrected chi connectivity index (χ2v) is 7.45. The second kappa shape index (κ2) is 11.9. The third-order valence-corrected chi connectivity index (χ3v) is 4.74. The number of likely N-dealkylation sites (tertiary alicyclic amines) is 1. The fraction of sp³-hybridized carbons (Fsp3) is 0.526. The van der Waals surface area contributed by atoms with Crippen LogP contribution in [0.4, 0.5) is 13.2 Å². The molecule has 31 heavy (non-hydrogen) atoms. The molecule has 0 bridgehead atoms. The molecule has 12 heteroatoms. The monoisotopic (exact) mass is 572 g/mol. The third-order valence-electron chi connectivity index (χ3n) is 4.51. The molecule has 0 spiro atoms. The Morgan fingerprint density at radius 1 is 1.39 bits per heavy atom. The highest BCUT2D eigenvalue weighted by Gasteiger charge is 2.34. The predicted octanol–water partition coefficient (Wildman–Crippen LogP) is 3.74. The summed E-state index contributed by atoms with van der Waals surface area (Å²) >= 11 is 5.98. The number of benzene rings is 1. The van der Waals surface area contributed by atoms with Gasteiger partial charge < -0.3 is 15.2 Å². The molecule has 0 amide bonds. The third kappa shape index (κ3) is 8.45. The number of aliphatic imine (C=N–C) groups is 1. The van der Waals surface area contributed by atoms with E-state index in [4.69, 9.17) is 16.1 Å². The van der Waals surface area contributed by atoms with Gasteiger partial charge >= 0.3 is 6.18 Å². The van der Waals surface area contributed by atoms with Crippen molar-refractivity contribution < 1.29 is 17.7 Å². The van der Waals surface area contributed by atoms with Crippen LogP contribution in [-0.4, -0.2) is 65.9 Å². The zero-order chi connectivity index (χ0) is 21.6. The van der Waals surface area contributed by atoms with Crippen LogP contribution in [0.1, 0.15) is 19.2 Å². The summed E-state index contributed by atoms with van der Waals surface area (Å²) < 4.78 is 42.9. The summed E-state index contributed by atoms with van der Waals surface area (Å²) in [6, 6.07) is 7.09. The van der Waals surface area contributed by atoms with Gasteiger partial charge in [-0.3, -0.25) is 9.89 Å². The van der Waals surface area contributed by atoms with Crippen molar-refractivity contribution in [2.24, 2.45) is 4.99 Å². The Morgan fingerprint density at radius 3 is 2.90 bits per heavy atom. The maximum Gasteiger partial charge on any atom is 0.401 e. The molecule has 1 aromatic carbocycles. The average Bonchev–Trinajstić information content (AvgIpc) is 3.30. The fourth-order valence-electron chi connectivity index (χ4n) is 3.23. The molecular formula is C19H25ClF3IN6O. The van der Waals surface area contributed by atoms with Crippen LogP contribution in [0.3, 0.4) is 0 Å². The van der Waals surface area contributed by atoms with E-state index in [1.54, 1.807) is 12.1 Å². The lowest BCUT2D eigenvalue weighted by molar-refractivity contribution is -0.143. The molecule has 1 unspecified atom stereocenters. The van der Waals surface area contributed by atoms with Crippen molar-refractivity contribution in [3.63, 3.8) is 0 Å². The Morgan fingerprint density at radius 2 is 2.19 bits per heavy atom. The number of halogens is 5. The summed E-state index contributed by atoms with van der Waals surface area (Å²) in [5, 5.41) is 10.9. The summed E-state index contributed by atoms with van der Waals surface area (Å²) in [5.74, 6) is 1.46. The molecule has 2 aromatic rings. The molecule has 2 heterocycles. The Balaban J connectivity index is 0.00000341. The highest BCUT2D eigenvalue weighted by Crippen LogP contribution is 2.21. The van der Waals surface area contributed by atoms with E-state index in [-0.39, 0.29) is 30.0 Å². The molecule has 3 rings (SSSR count). The Hall–Kier alpha value is -1.60. The van der Waals surface area contributed by atoms with Gasteiger partial charge in [-0.15, -0.1) is 24.0 Å². The van der Waals surface area contributed by atoms with Crippen LogP contribution in [0.15, 0.2) is 33.8 Å². The van der Waals surface area contributed by atoms with Crippen molar-refractivity contribution in [2.45, 2.75) is 32.0 Å². The number of guanidine groups is 1. The van der Waals surface area contributed by atoms with Crippen LogP contribution in [-0.2, 0) is 6.42 Å². The number of rotatable bonds is 7. The first kappa shape index (κ1) is 25.7. The van der Waals surface area contributed by atoms with Crippen molar-refractivity contribution in [1.29, 1.82) is 0 Å². The van der Waals surface area contributed by atoms with Crippen molar-refractivity contribution >= 4 is 41.5 Å². The van der Waals surface area contributed by atoms with Gasteiger partial charge in [0.05, 0.1) is 13.1 Å². The summed E-state index contributed by atoms with van der Waals surface area (Å²) in [5.41, 5.74) is 0.764. The lowest BCUT2D eigenvalue weighted by Crippen LogP contribution is -2.45. The highest BCUT2D eigenvalue weighted by atomic mass is 127. The topological polar surface area (TPSA) is 78.6 Å². The van der Waals surface area contributed by atoms with Gasteiger partial charge in [-0.05, 0) is 25.5 Å². The van der Waals surface area contributed by atoms with Gasteiger partial charge in [-0.1, -0.05) is 28.9 Å². The zero-order valence-corrected chi connectivity index (χ0v) is 20.0. The molecule has 1 aromatic heterocycles. The van der Waals surface area contributed by atoms with Crippen molar-refractivity contribution in [3.05, 3.63) is 35.2 Å². The van der Waals surface area contributed by atoms with Gasteiger partial charge in [0.25, 0.3) is 0 Å². The van der Waals surface area contributed by atoms with Gasteiger partial charge in [0.2, 0.25) is 11.7 Å². The first-order chi connectivity index (χ1) is 14.3. The molecule has 1 fully saturated rings. The molecule has 172 valence electrons. The minimum absolute atomic E-state index is 0. The molecule has 0 aliphatic carbocycles. The van der Waals surface area contributed by atoms with Crippen LogP contribution >= 0.6 is 35.6 Å². The predicted molar refractivity (Wildman–Crippen MR) is 124 cm³/mol. The quantitative estimate of drug-likeness (QED) is 0.299. The molecule has 1 aliphatic rings. The molecule has 1 saturated heterocycles. The van der Waals surface area contributed by atoms with E-state index in [1.807, 2.05) is 19.1 Å². The van der Waals surface area contributed by atoms with E-state index in [0.717, 1.165) is 5.56 Å². The Labute approximate surface area is 200 Å². The largest absolute Gasteiger partial charge is 0.401 e. The van der Waals surface area contributed by atoms with E-state index >= 15 is 0 Å². The smallest absolute Gasteiger partial charge is 0.357 e. The Kier molecular flexibility index (Phi) is 9.82. The fourth-order valence-corrected chi connectivity index (χ4v) is 3.42. The lowest BCUT2D eigenvalue weighted by Gasteiger charge is -2.19. The molecule has 0 saturated carbocycles. The molecule has 0 radical (unpaired) electrons. The number of nitrogens with zero attached hydrogens (tertiary/aromatic N) is 4. The average molecular weight is 573 g/mol. The summed E-state index contributed by atoms with van der Waals surface area (Å²) in [4.78, 5) is 10.2. The van der Waals surface area contributed by atoms with E-state index in [2.05, 4.69) is 25.8 Å². The van der Waals surface area contributed by atoms with Crippen LogP contribution < -0.4 is 10.6 Å². The van der Waals surface area contributed by atoms with E-state index in [1.165, 1.54) is 4.90 Å². The molecular weight excluding hydrogens is 548 g/mol. The van der Waals surface area contributed by atoms with Crippen LogP contribution in [0.2, 0.25) is 5.02 Å². The van der Waals surface area contributed by atoms with Crippen molar-refractivity contribution in [1.82, 2.24) is 25.7 Å². The minimum Gasteiger partial charge on any atom is -0.357 e. The molecule has 2 N–H and O–H groups in total. The van der Waals surface area contributed by atoms with Crippen LogP contribution in [0.25, 0.3) is 11.4 Å². The summed E-state index contributed by atoms with van der Waals surface area (Å²) in [6.07, 6.45) is -3.11. The number of hydrogen-bond acceptors (Lipinski definition) is 5. The van der Waals surface area contributed by atoms with Crippen LogP contribution in [0.5, 0.6) is 0 Å². The molecule has 7 nitrogen and oxygen atoms in total. The first-order valence-electron chi connectivity index (χ1n) is 9.75. The van der Waals surface area contributed by atoms with Crippen LogP contribution in [0, 0.1) is 0 Å². The second-order valence-electron chi connectivity index (χ2n) is 7.01. The van der Waals surface area contributed by atoms with Gasteiger partial charge in [0.1, 0.15) is 0 Å². The number of alkyl halides is 3. The number of hydrogen-bond donors (Lipinski definition) is 2. The van der Waals surface area contributed by atoms with Gasteiger partial charge in [-0.25, -0.2) is 0 Å². The maximum atomic E-state index is 12.6.